The summed E-state index contributed by atoms with van der Waals surface area (Å²) in [7, 11) is 0. The van der Waals surface area contributed by atoms with Crippen molar-refractivity contribution in [1.82, 2.24) is 9.97 Å². The van der Waals surface area contributed by atoms with Crippen LogP contribution in [0.4, 0.5) is 17.2 Å². The summed E-state index contributed by atoms with van der Waals surface area (Å²) in [4.78, 5) is 13.0. The molecule has 40 heavy (non-hydrogen) atoms. The molecule has 2 aromatic heterocycles. The molecule has 0 unspecified atom stereocenters. The molecule has 0 atom stereocenters. The molecule has 1 aliphatic rings. The van der Waals surface area contributed by atoms with Crippen LogP contribution in [0.3, 0.4) is 0 Å². The van der Waals surface area contributed by atoms with Crippen molar-refractivity contribution >= 4 is 70.5 Å². The summed E-state index contributed by atoms with van der Waals surface area (Å²) < 4.78 is 2.54. The molecule has 0 saturated carbocycles. The second-order valence-corrected chi connectivity index (χ2v) is 11.3. The zero-order chi connectivity index (χ0) is 26.2. The van der Waals surface area contributed by atoms with Gasteiger partial charge in [-0.3, -0.25) is 4.90 Å². The van der Waals surface area contributed by atoms with E-state index in [0.717, 1.165) is 39.5 Å². The first-order valence-electron chi connectivity index (χ1n) is 13.4. The number of benzene rings is 6. The van der Waals surface area contributed by atoms with E-state index in [0.29, 0.717) is 0 Å². The Balaban J connectivity index is 1.44. The van der Waals surface area contributed by atoms with E-state index in [2.05, 4.69) is 120 Å². The number of aromatic nitrogens is 2. The van der Waals surface area contributed by atoms with Crippen LogP contribution in [-0.2, 0) is 0 Å². The topological polar surface area (TPSA) is 29.0 Å². The normalized spacial score (nSPS) is 12.4. The maximum absolute atomic E-state index is 5.37. The van der Waals surface area contributed by atoms with Gasteiger partial charge in [0.1, 0.15) is 5.69 Å². The molecule has 8 aromatic rings. The van der Waals surface area contributed by atoms with Gasteiger partial charge in [0.05, 0.1) is 22.4 Å². The fourth-order valence-corrected chi connectivity index (χ4v) is 7.42. The van der Waals surface area contributed by atoms with Crippen LogP contribution in [0, 0.1) is 0 Å². The second-order valence-electron chi connectivity index (χ2n) is 10.2. The molecule has 6 aromatic carbocycles. The number of hydrogen-bond donors (Lipinski definition) is 0. The summed E-state index contributed by atoms with van der Waals surface area (Å²) in [5.74, 6) is 0.843. The van der Waals surface area contributed by atoms with Crippen LogP contribution in [0.2, 0.25) is 0 Å². The van der Waals surface area contributed by atoms with Gasteiger partial charge >= 0.3 is 0 Å². The highest BCUT2D eigenvalue weighted by Crippen LogP contribution is 2.52. The number of anilines is 3. The van der Waals surface area contributed by atoms with E-state index < -0.39 is 0 Å². The van der Waals surface area contributed by atoms with Gasteiger partial charge in [0.25, 0.3) is 0 Å². The quantitative estimate of drug-likeness (QED) is 0.224. The molecule has 186 valence electrons. The molecule has 0 N–H and O–H groups in total. The van der Waals surface area contributed by atoms with Gasteiger partial charge in [0, 0.05) is 36.7 Å². The molecule has 0 saturated heterocycles. The number of hydrogen-bond acceptors (Lipinski definition) is 4. The summed E-state index contributed by atoms with van der Waals surface area (Å²) in [5, 5.41) is 4.95. The fraction of sp³-hybridized carbons (Fsp3) is 0. The summed E-state index contributed by atoms with van der Waals surface area (Å²) in [6.07, 6.45) is 0. The highest BCUT2D eigenvalue weighted by atomic mass is 32.1. The van der Waals surface area contributed by atoms with Crippen molar-refractivity contribution in [2.75, 3.05) is 4.90 Å². The number of thiophene rings is 1. The molecular weight excluding hydrogens is 506 g/mol. The van der Waals surface area contributed by atoms with Gasteiger partial charge < -0.3 is 0 Å². The van der Waals surface area contributed by atoms with E-state index in [9.17, 15) is 0 Å². The monoisotopic (exact) mass is 527 g/mol. The Hall–Kier alpha value is -5.06. The summed E-state index contributed by atoms with van der Waals surface area (Å²) >= 11 is 1.83. The van der Waals surface area contributed by atoms with Gasteiger partial charge in [0.15, 0.2) is 5.82 Å². The maximum Gasteiger partial charge on any atom is 0.165 e. The third kappa shape index (κ3) is 2.99. The van der Waals surface area contributed by atoms with E-state index in [1.807, 2.05) is 23.5 Å². The second kappa shape index (κ2) is 8.22. The van der Waals surface area contributed by atoms with Crippen LogP contribution < -0.4 is 4.90 Å². The first-order chi connectivity index (χ1) is 19.8. The first-order valence-corrected chi connectivity index (χ1v) is 14.3. The maximum atomic E-state index is 5.37. The lowest BCUT2D eigenvalue weighted by Crippen LogP contribution is -2.18. The molecule has 0 bridgehead atoms. The number of nitrogens with zero attached hydrogens (tertiary/aromatic N) is 3. The smallest absolute Gasteiger partial charge is 0.165 e. The molecule has 9 rings (SSSR count). The molecular formula is C36H21N3S. The molecule has 3 heterocycles. The van der Waals surface area contributed by atoms with E-state index in [1.54, 1.807) is 0 Å². The molecule has 0 fully saturated rings. The third-order valence-electron chi connectivity index (χ3n) is 7.98. The average Bonchev–Trinajstić information content (AvgIpc) is 3.40. The van der Waals surface area contributed by atoms with Crippen molar-refractivity contribution in [1.29, 1.82) is 0 Å². The minimum atomic E-state index is 0.843. The Morgan fingerprint density at radius 3 is 2.05 bits per heavy atom. The standard InChI is InChI=1S/C36H21N3S/c1-5-18-29-23(12-1)24-14-7-10-22-11-8-19-30(33(22)24)39(29)36-35(37-27-16-3-4-17-28(27)38-36)26-15-9-21-32-34(26)25-13-2-6-20-31(25)40-32/h1-21H. The van der Waals surface area contributed by atoms with Crippen LogP contribution >= 0.6 is 11.3 Å². The van der Waals surface area contributed by atoms with E-state index in [-0.39, 0.29) is 0 Å². The Morgan fingerprint density at radius 2 is 1.12 bits per heavy atom. The summed E-state index contributed by atoms with van der Waals surface area (Å²) in [6, 6.07) is 45.2. The predicted octanol–water partition coefficient (Wildman–Crippen LogP) is 10.3. The molecule has 0 spiro atoms. The average molecular weight is 528 g/mol. The van der Waals surface area contributed by atoms with Gasteiger partial charge in [-0.1, -0.05) is 91.0 Å². The van der Waals surface area contributed by atoms with Gasteiger partial charge in [-0.05, 0) is 47.3 Å². The number of para-hydroxylation sites is 3. The van der Waals surface area contributed by atoms with Gasteiger partial charge in [-0.15, -0.1) is 11.3 Å². The molecule has 3 nitrogen and oxygen atoms in total. The van der Waals surface area contributed by atoms with E-state index in [1.165, 1.54) is 42.1 Å². The van der Waals surface area contributed by atoms with Crippen molar-refractivity contribution in [2.45, 2.75) is 0 Å². The van der Waals surface area contributed by atoms with Gasteiger partial charge in [-0.25, -0.2) is 9.97 Å². The van der Waals surface area contributed by atoms with E-state index >= 15 is 0 Å². The molecule has 0 radical (unpaired) electrons. The first kappa shape index (κ1) is 21.8. The third-order valence-corrected chi connectivity index (χ3v) is 9.12. The van der Waals surface area contributed by atoms with Crippen molar-refractivity contribution < 1.29 is 0 Å². The lowest BCUT2D eigenvalue weighted by atomic mass is 9.91. The van der Waals surface area contributed by atoms with Crippen molar-refractivity contribution in [3.05, 3.63) is 127 Å². The lowest BCUT2D eigenvalue weighted by Gasteiger charge is -2.33. The number of rotatable bonds is 2. The highest BCUT2D eigenvalue weighted by Gasteiger charge is 2.29. The van der Waals surface area contributed by atoms with Gasteiger partial charge in [-0.2, -0.15) is 0 Å². The van der Waals surface area contributed by atoms with Crippen molar-refractivity contribution in [3.8, 4) is 22.4 Å². The summed E-state index contributed by atoms with van der Waals surface area (Å²) in [5.41, 5.74) is 8.45. The Kier molecular flexibility index (Phi) is 4.48. The van der Waals surface area contributed by atoms with Crippen molar-refractivity contribution in [2.24, 2.45) is 0 Å². The molecule has 1 aliphatic heterocycles. The zero-order valence-electron chi connectivity index (χ0n) is 21.4. The highest BCUT2D eigenvalue weighted by molar-refractivity contribution is 7.25. The largest absolute Gasteiger partial charge is 0.292 e. The van der Waals surface area contributed by atoms with Crippen LogP contribution in [0.15, 0.2) is 127 Å². The Labute approximate surface area is 234 Å². The molecule has 4 heteroatoms. The SMILES string of the molecule is c1ccc2c(c1)-c1cccc3cccc(c13)N2c1nc2ccccc2nc1-c1cccc2sc3ccccc3c12. The van der Waals surface area contributed by atoms with Crippen molar-refractivity contribution in [3.63, 3.8) is 0 Å². The van der Waals surface area contributed by atoms with Crippen LogP contribution in [-0.4, -0.2) is 9.97 Å². The minimum Gasteiger partial charge on any atom is -0.292 e. The predicted molar refractivity (Wildman–Crippen MR) is 169 cm³/mol. The Bertz CT molecular complexity index is 2290. The van der Waals surface area contributed by atoms with Gasteiger partial charge in [0.2, 0.25) is 0 Å². The molecule has 0 aliphatic carbocycles. The van der Waals surface area contributed by atoms with Crippen LogP contribution in [0.25, 0.3) is 64.4 Å². The van der Waals surface area contributed by atoms with Crippen LogP contribution in [0.1, 0.15) is 0 Å². The Morgan fingerprint density at radius 1 is 0.475 bits per heavy atom. The van der Waals surface area contributed by atoms with E-state index in [4.69, 9.17) is 9.97 Å². The zero-order valence-corrected chi connectivity index (χ0v) is 22.2. The lowest BCUT2D eigenvalue weighted by molar-refractivity contribution is 1.18. The molecule has 0 amide bonds. The summed E-state index contributed by atoms with van der Waals surface area (Å²) in [6.45, 7) is 0. The minimum absolute atomic E-state index is 0.843. The number of fused-ring (bicyclic) bond motifs is 6. The fourth-order valence-electron chi connectivity index (χ4n) is 6.29. The van der Waals surface area contributed by atoms with Crippen LogP contribution in [0.5, 0.6) is 0 Å².